The van der Waals surface area contributed by atoms with Crippen molar-refractivity contribution in [2.75, 3.05) is 46.4 Å². The molecule has 0 spiro atoms. The molecule has 2 fully saturated rings. The highest BCUT2D eigenvalue weighted by molar-refractivity contribution is 6.62. The normalized spacial score (nSPS) is 23.3. The predicted octanol–water partition coefficient (Wildman–Crippen LogP) is 1.40. The molecule has 2 aliphatic heterocycles. The van der Waals surface area contributed by atoms with Crippen molar-refractivity contribution in [3.05, 3.63) is 18.3 Å². The number of pyridine rings is 1. The van der Waals surface area contributed by atoms with E-state index in [2.05, 4.69) is 49.5 Å². The number of ether oxygens (including phenoxy) is 1. The first-order valence-electron chi connectivity index (χ1n) is 9.62. The van der Waals surface area contributed by atoms with E-state index in [-0.39, 0.29) is 18.3 Å². The molecule has 0 unspecified atom stereocenters. The number of hydrogen-bond donors (Lipinski definition) is 0. The summed E-state index contributed by atoms with van der Waals surface area (Å²) in [6.45, 7) is 14.6. The summed E-state index contributed by atoms with van der Waals surface area (Å²) in [4.78, 5) is 9.28. The van der Waals surface area contributed by atoms with Crippen molar-refractivity contribution in [1.82, 2.24) is 14.8 Å². The molecule has 0 amide bonds. The number of aromatic nitrogens is 1. The van der Waals surface area contributed by atoms with Crippen LogP contribution in [-0.4, -0.2) is 79.5 Å². The molecule has 2 aliphatic rings. The number of piperazine rings is 1. The van der Waals surface area contributed by atoms with Gasteiger partial charge in [-0.2, -0.15) is 0 Å². The second-order valence-electron chi connectivity index (χ2n) is 8.36. The number of likely N-dealkylation sites (N-methyl/N-ethyl adjacent to an activating group) is 1. The lowest BCUT2D eigenvalue weighted by molar-refractivity contribution is 0.00578. The van der Waals surface area contributed by atoms with Crippen LogP contribution in [0.5, 0.6) is 5.88 Å². The Kier molecular flexibility index (Phi) is 5.92. The molecular weight excluding hydrogens is 329 g/mol. The topological polar surface area (TPSA) is 47.1 Å². The summed E-state index contributed by atoms with van der Waals surface area (Å²) in [5, 5.41) is 0. The number of rotatable bonds is 6. The first-order chi connectivity index (χ1) is 12.3. The average molecular weight is 361 g/mol. The van der Waals surface area contributed by atoms with Gasteiger partial charge in [0.2, 0.25) is 5.88 Å². The van der Waals surface area contributed by atoms with Crippen molar-refractivity contribution in [2.24, 2.45) is 0 Å². The SMILES string of the molecule is CN1CCN(CCCOc2ccc(B3OC(C)(C)C(C)(C)O3)cn2)CC1. The van der Waals surface area contributed by atoms with Crippen molar-refractivity contribution < 1.29 is 14.0 Å². The Morgan fingerprint density at radius 3 is 2.31 bits per heavy atom. The van der Waals surface area contributed by atoms with Crippen LogP contribution in [0.3, 0.4) is 0 Å². The van der Waals surface area contributed by atoms with Gasteiger partial charge in [-0.3, -0.25) is 0 Å². The van der Waals surface area contributed by atoms with E-state index >= 15 is 0 Å². The second kappa shape index (κ2) is 7.84. The summed E-state index contributed by atoms with van der Waals surface area (Å²) < 4.78 is 17.9. The lowest BCUT2D eigenvalue weighted by Crippen LogP contribution is -2.44. The Morgan fingerprint density at radius 2 is 1.73 bits per heavy atom. The molecule has 7 heteroatoms. The minimum atomic E-state index is -0.376. The molecule has 3 heterocycles. The van der Waals surface area contributed by atoms with Crippen LogP contribution in [0.1, 0.15) is 34.1 Å². The lowest BCUT2D eigenvalue weighted by atomic mass is 9.80. The van der Waals surface area contributed by atoms with Crippen LogP contribution >= 0.6 is 0 Å². The Hall–Kier alpha value is -1.15. The highest BCUT2D eigenvalue weighted by Gasteiger charge is 2.51. The molecule has 0 bridgehead atoms. The zero-order valence-corrected chi connectivity index (χ0v) is 16.8. The van der Waals surface area contributed by atoms with Gasteiger partial charge < -0.3 is 23.8 Å². The van der Waals surface area contributed by atoms with Crippen molar-refractivity contribution in [3.8, 4) is 5.88 Å². The molecule has 1 aromatic heterocycles. The van der Waals surface area contributed by atoms with E-state index in [1.807, 2.05) is 12.1 Å². The Bertz CT molecular complexity index is 570. The van der Waals surface area contributed by atoms with E-state index in [1.165, 1.54) is 0 Å². The summed E-state index contributed by atoms with van der Waals surface area (Å²) in [7, 11) is 1.80. The van der Waals surface area contributed by atoms with Crippen molar-refractivity contribution in [1.29, 1.82) is 0 Å². The number of nitrogens with zero attached hydrogens (tertiary/aromatic N) is 3. The first-order valence-corrected chi connectivity index (χ1v) is 9.62. The van der Waals surface area contributed by atoms with Crippen LogP contribution in [-0.2, 0) is 9.31 Å². The fourth-order valence-corrected chi connectivity index (χ4v) is 3.13. The van der Waals surface area contributed by atoms with Crippen LogP contribution in [0.15, 0.2) is 18.3 Å². The van der Waals surface area contributed by atoms with Gasteiger partial charge in [0.05, 0.1) is 17.8 Å². The van der Waals surface area contributed by atoms with Gasteiger partial charge in [-0.25, -0.2) is 4.98 Å². The average Bonchev–Trinajstić information content (AvgIpc) is 2.82. The maximum absolute atomic E-state index is 6.05. The third-order valence-corrected chi connectivity index (χ3v) is 5.75. The molecule has 144 valence electrons. The summed E-state index contributed by atoms with van der Waals surface area (Å²) in [5.41, 5.74) is 0.250. The maximum Gasteiger partial charge on any atom is 0.496 e. The van der Waals surface area contributed by atoms with E-state index in [9.17, 15) is 0 Å². The van der Waals surface area contributed by atoms with Gasteiger partial charge in [0.1, 0.15) is 0 Å². The molecule has 0 N–H and O–H groups in total. The molecule has 0 aliphatic carbocycles. The summed E-state index contributed by atoms with van der Waals surface area (Å²) in [5.74, 6) is 0.656. The first kappa shape index (κ1) is 19.6. The van der Waals surface area contributed by atoms with Gasteiger partial charge in [-0.1, -0.05) is 6.07 Å². The molecule has 1 aromatic rings. The smallest absolute Gasteiger partial charge is 0.478 e. The van der Waals surface area contributed by atoms with Gasteiger partial charge in [0.15, 0.2) is 0 Å². The van der Waals surface area contributed by atoms with Crippen LogP contribution in [0, 0.1) is 0 Å². The standard InChI is InChI=1S/C19H32BN3O3/c1-18(2)19(3,4)26-20(25-18)16-7-8-17(21-15-16)24-14-6-9-23-12-10-22(5)11-13-23/h7-8,15H,6,9-14H2,1-5H3. The van der Waals surface area contributed by atoms with Crippen LogP contribution in [0.25, 0.3) is 0 Å². The van der Waals surface area contributed by atoms with Crippen LogP contribution < -0.4 is 10.2 Å². The fourth-order valence-electron chi connectivity index (χ4n) is 3.13. The molecule has 26 heavy (non-hydrogen) atoms. The summed E-state index contributed by atoms with van der Waals surface area (Å²) in [6.07, 6.45) is 2.81. The maximum atomic E-state index is 6.05. The van der Waals surface area contributed by atoms with E-state index in [1.54, 1.807) is 6.20 Å². The van der Waals surface area contributed by atoms with Crippen molar-refractivity contribution in [2.45, 2.75) is 45.3 Å². The Balaban J connectivity index is 1.42. The minimum Gasteiger partial charge on any atom is -0.478 e. The summed E-state index contributed by atoms with van der Waals surface area (Å²) in [6, 6.07) is 3.88. The van der Waals surface area contributed by atoms with Gasteiger partial charge in [-0.15, -0.1) is 0 Å². The second-order valence-corrected chi connectivity index (χ2v) is 8.36. The van der Waals surface area contributed by atoms with Gasteiger partial charge >= 0.3 is 7.12 Å². The van der Waals surface area contributed by atoms with Crippen molar-refractivity contribution >= 4 is 12.6 Å². The highest BCUT2D eigenvalue weighted by Crippen LogP contribution is 2.36. The quantitative estimate of drug-likeness (QED) is 0.564. The van der Waals surface area contributed by atoms with Gasteiger partial charge in [-0.05, 0) is 47.2 Å². The van der Waals surface area contributed by atoms with Crippen LogP contribution in [0.4, 0.5) is 0 Å². The fraction of sp³-hybridized carbons (Fsp3) is 0.737. The monoisotopic (exact) mass is 361 g/mol. The van der Waals surface area contributed by atoms with E-state index in [0.717, 1.165) is 44.6 Å². The van der Waals surface area contributed by atoms with Gasteiger partial charge in [0, 0.05) is 44.4 Å². The molecule has 3 rings (SSSR count). The Morgan fingerprint density at radius 1 is 1.08 bits per heavy atom. The molecule has 2 saturated heterocycles. The zero-order valence-electron chi connectivity index (χ0n) is 16.8. The molecule has 0 radical (unpaired) electrons. The Labute approximate surface area is 158 Å². The van der Waals surface area contributed by atoms with Crippen LogP contribution in [0.2, 0.25) is 0 Å². The third kappa shape index (κ3) is 4.57. The van der Waals surface area contributed by atoms with Gasteiger partial charge in [0.25, 0.3) is 0 Å². The highest BCUT2D eigenvalue weighted by atomic mass is 16.7. The molecule has 0 saturated carbocycles. The van der Waals surface area contributed by atoms with E-state index in [0.29, 0.717) is 12.5 Å². The van der Waals surface area contributed by atoms with Crippen molar-refractivity contribution in [3.63, 3.8) is 0 Å². The largest absolute Gasteiger partial charge is 0.496 e. The zero-order chi connectivity index (χ0) is 18.8. The van der Waals surface area contributed by atoms with E-state index < -0.39 is 0 Å². The lowest BCUT2D eigenvalue weighted by Gasteiger charge is -2.32. The molecule has 6 nitrogen and oxygen atoms in total. The number of hydrogen-bond acceptors (Lipinski definition) is 6. The molecule has 0 aromatic carbocycles. The molecule has 0 atom stereocenters. The molecular formula is C19H32BN3O3. The third-order valence-electron chi connectivity index (χ3n) is 5.75. The summed E-state index contributed by atoms with van der Waals surface area (Å²) >= 11 is 0. The predicted molar refractivity (Wildman–Crippen MR) is 104 cm³/mol. The minimum absolute atomic E-state index is 0.337. The van der Waals surface area contributed by atoms with E-state index in [4.69, 9.17) is 14.0 Å².